The van der Waals surface area contributed by atoms with Crippen molar-refractivity contribution in [2.24, 2.45) is 4.99 Å². The normalized spacial score (nSPS) is 14.2. The van der Waals surface area contributed by atoms with Gasteiger partial charge in [0.1, 0.15) is 5.75 Å². The van der Waals surface area contributed by atoms with E-state index < -0.39 is 0 Å². The molecule has 1 aliphatic heterocycles. The number of hydrogen-bond acceptors (Lipinski definition) is 4. The lowest BCUT2D eigenvalue weighted by molar-refractivity contribution is -0.115. The fraction of sp³-hybridized carbons (Fsp3) is 0.300. The molecule has 3 rings (SSSR count). The highest BCUT2D eigenvalue weighted by molar-refractivity contribution is 14.0. The summed E-state index contributed by atoms with van der Waals surface area (Å²) in [5, 5.41) is 16.0. The van der Waals surface area contributed by atoms with Gasteiger partial charge in [-0.1, -0.05) is 30.3 Å². The zero-order chi connectivity index (χ0) is 19.1. The molecule has 0 bridgehead atoms. The molecule has 0 aromatic heterocycles. The molecule has 1 aliphatic rings. The number of nitrogens with one attached hydrogen (secondary N) is 2. The number of amides is 1. The van der Waals surface area contributed by atoms with Crippen molar-refractivity contribution in [3.63, 3.8) is 0 Å². The van der Waals surface area contributed by atoms with Gasteiger partial charge in [-0.25, -0.2) is 0 Å². The Labute approximate surface area is 182 Å². The summed E-state index contributed by atoms with van der Waals surface area (Å²) in [6.07, 6.45) is 0. The Morgan fingerprint density at radius 1 is 1.04 bits per heavy atom. The fourth-order valence-corrected chi connectivity index (χ4v) is 3.11. The third-order valence-corrected chi connectivity index (χ3v) is 4.48. The Balaban J connectivity index is 0.00000280. The predicted molar refractivity (Wildman–Crippen MR) is 124 cm³/mol. The Hall–Kier alpha value is -2.49. The minimum Gasteiger partial charge on any atom is -0.506 e. The summed E-state index contributed by atoms with van der Waals surface area (Å²) in [6.45, 7) is 3.22. The van der Waals surface area contributed by atoms with Crippen LogP contribution in [0.1, 0.15) is 0 Å². The summed E-state index contributed by atoms with van der Waals surface area (Å²) >= 11 is 0. The molecule has 0 spiro atoms. The van der Waals surface area contributed by atoms with Crippen molar-refractivity contribution in [3.8, 4) is 5.75 Å². The first kappa shape index (κ1) is 21.8. The molecule has 8 heteroatoms. The van der Waals surface area contributed by atoms with Gasteiger partial charge in [0, 0.05) is 38.9 Å². The van der Waals surface area contributed by atoms with Crippen LogP contribution in [0.5, 0.6) is 5.75 Å². The van der Waals surface area contributed by atoms with Crippen LogP contribution < -0.4 is 15.5 Å². The molecule has 1 fully saturated rings. The molecule has 28 heavy (non-hydrogen) atoms. The van der Waals surface area contributed by atoms with E-state index in [0.717, 1.165) is 37.6 Å². The van der Waals surface area contributed by atoms with E-state index in [1.165, 1.54) is 0 Å². The minimum absolute atomic E-state index is 0. The quantitative estimate of drug-likeness (QED) is 0.345. The highest BCUT2D eigenvalue weighted by Crippen LogP contribution is 2.27. The number of benzene rings is 2. The third-order valence-electron chi connectivity index (χ3n) is 4.48. The van der Waals surface area contributed by atoms with E-state index in [1.54, 1.807) is 13.1 Å². The number of aromatic hydroxyl groups is 1. The Bertz CT molecular complexity index is 792. The molecule has 1 heterocycles. The molecule has 1 saturated heterocycles. The zero-order valence-corrected chi connectivity index (χ0v) is 18.2. The van der Waals surface area contributed by atoms with Crippen LogP contribution in [0.25, 0.3) is 0 Å². The molecule has 0 unspecified atom stereocenters. The van der Waals surface area contributed by atoms with Gasteiger partial charge < -0.3 is 25.5 Å². The van der Waals surface area contributed by atoms with Crippen molar-refractivity contribution in [2.75, 3.05) is 50.0 Å². The average Bonchev–Trinajstić information content (AvgIpc) is 2.70. The van der Waals surface area contributed by atoms with Gasteiger partial charge >= 0.3 is 0 Å². The van der Waals surface area contributed by atoms with E-state index in [9.17, 15) is 9.90 Å². The number of nitrogens with zero attached hydrogens (tertiary/aromatic N) is 3. The summed E-state index contributed by atoms with van der Waals surface area (Å²) < 4.78 is 0. The maximum absolute atomic E-state index is 12.1. The van der Waals surface area contributed by atoms with Gasteiger partial charge in [-0.3, -0.25) is 9.79 Å². The Morgan fingerprint density at radius 2 is 1.68 bits per heavy atom. The number of guanidine groups is 1. The number of halogens is 1. The SMILES string of the molecule is CN=C(NCC(=O)Nc1ccccc1)N1CCN(c2ccccc2O)CC1.I. The number of carbonyl (C=O) groups is 1. The largest absolute Gasteiger partial charge is 0.506 e. The summed E-state index contributed by atoms with van der Waals surface area (Å²) in [7, 11) is 1.72. The van der Waals surface area contributed by atoms with Crippen LogP contribution >= 0.6 is 24.0 Å². The van der Waals surface area contributed by atoms with Crippen LogP contribution in [0.2, 0.25) is 0 Å². The molecule has 0 atom stereocenters. The van der Waals surface area contributed by atoms with Gasteiger partial charge in [0.15, 0.2) is 5.96 Å². The maximum atomic E-state index is 12.1. The van der Waals surface area contributed by atoms with Crippen LogP contribution in [0.15, 0.2) is 59.6 Å². The second-order valence-corrected chi connectivity index (χ2v) is 6.28. The lowest BCUT2D eigenvalue weighted by atomic mass is 10.2. The molecule has 0 aliphatic carbocycles. The highest BCUT2D eigenvalue weighted by Gasteiger charge is 2.21. The second-order valence-electron chi connectivity index (χ2n) is 6.28. The second kappa shape index (κ2) is 10.7. The molecule has 0 saturated carbocycles. The summed E-state index contributed by atoms with van der Waals surface area (Å²) in [5.41, 5.74) is 1.62. The number of piperazine rings is 1. The van der Waals surface area contributed by atoms with Gasteiger partial charge in [0.2, 0.25) is 5.91 Å². The predicted octanol–water partition coefficient (Wildman–Crippen LogP) is 2.35. The van der Waals surface area contributed by atoms with Crippen LogP contribution in [-0.4, -0.2) is 61.6 Å². The molecular weight excluding hydrogens is 469 g/mol. The monoisotopic (exact) mass is 495 g/mol. The number of phenolic OH excluding ortho intramolecular Hbond substituents is 1. The Kier molecular flexibility index (Phi) is 8.37. The fourth-order valence-electron chi connectivity index (χ4n) is 3.11. The summed E-state index contributed by atoms with van der Waals surface area (Å²) in [5.74, 6) is 0.886. The number of phenols is 1. The van der Waals surface area contributed by atoms with E-state index in [1.807, 2.05) is 48.5 Å². The molecule has 2 aromatic carbocycles. The van der Waals surface area contributed by atoms with Crippen molar-refractivity contribution in [2.45, 2.75) is 0 Å². The van der Waals surface area contributed by atoms with Crippen molar-refractivity contribution in [3.05, 3.63) is 54.6 Å². The number of carbonyl (C=O) groups excluding carboxylic acids is 1. The summed E-state index contributed by atoms with van der Waals surface area (Å²) in [4.78, 5) is 20.7. The van der Waals surface area contributed by atoms with Gasteiger partial charge in [0.05, 0.1) is 12.2 Å². The first-order valence-electron chi connectivity index (χ1n) is 9.01. The lowest BCUT2D eigenvalue weighted by Crippen LogP contribution is -2.53. The zero-order valence-electron chi connectivity index (χ0n) is 15.8. The molecule has 2 aromatic rings. The number of rotatable bonds is 4. The molecule has 150 valence electrons. The van der Waals surface area contributed by atoms with Gasteiger partial charge in [-0.05, 0) is 24.3 Å². The summed E-state index contributed by atoms with van der Waals surface area (Å²) in [6, 6.07) is 16.7. The molecule has 0 radical (unpaired) electrons. The van der Waals surface area contributed by atoms with Crippen molar-refractivity contribution >= 4 is 47.2 Å². The minimum atomic E-state index is -0.116. The number of hydrogen-bond donors (Lipinski definition) is 3. The third kappa shape index (κ3) is 5.75. The van der Waals surface area contributed by atoms with Crippen LogP contribution in [0, 0.1) is 0 Å². The lowest BCUT2D eigenvalue weighted by Gasteiger charge is -2.37. The topological polar surface area (TPSA) is 80.2 Å². The Morgan fingerprint density at radius 3 is 2.32 bits per heavy atom. The van der Waals surface area contributed by atoms with Crippen molar-refractivity contribution < 1.29 is 9.90 Å². The molecule has 3 N–H and O–H groups in total. The maximum Gasteiger partial charge on any atom is 0.243 e. The highest BCUT2D eigenvalue weighted by atomic mass is 127. The molecule has 1 amide bonds. The van der Waals surface area contributed by atoms with Gasteiger partial charge in [-0.15, -0.1) is 24.0 Å². The first-order valence-corrected chi connectivity index (χ1v) is 9.01. The van der Waals surface area contributed by atoms with E-state index in [2.05, 4.69) is 25.4 Å². The van der Waals surface area contributed by atoms with Crippen molar-refractivity contribution in [1.29, 1.82) is 0 Å². The van der Waals surface area contributed by atoms with E-state index >= 15 is 0 Å². The van der Waals surface area contributed by atoms with Gasteiger partial charge in [0.25, 0.3) is 0 Å². The van der Waals surface area contributed by atoms with E-state index in [-0.39, 0.29) is 36.4 Å². The number of anilines is 2. The smallest absolute Gasteiger partial charge is 0.243 e. The first-order chi connectivity index (χ1) is 13.2. The number of aliphatic imine (C=N–C) groups is 1. The van der Waals surface area contributed by atoms with Crippen LogP contribution in [-0.2, 0) is 4.79 Å². The molecule has 7 nitrogen and oxygen atoms in total. The van der Waals surface area contributed by atoms with Crippen molar-refractivity contribution in [1.82, 2.24) is 10.2 Å². The van der Waals surface area contributed by atoms with E-state index in [0.29, 0.717) is 11.7 Å². The van der Waals surface area contributed by atoms with E-state index in [4.69, 9.17) is 0 Å². The number of para-hydroxylation sites is 3. The standard InChI is InChI=1S/C20H25N5O2.HI/c1-21-20(22-15-19(27)23-16-7-3-2-4-8-16)25-13-11-24(12-14-25)17-9-5-6-10-18(17)26;/h2-10,26H,11-15H2,1H3,(H,21,22)(H,23,27);1H. The van der Waals surface area contributed by atoms with Gasteiger partial charge in [-0.2, -0.15) is 0 Å². The molecular formula is C20H26IN5O2. The average molecular weight is 495 g/mol. The van der Waals surface area contributed by atoms with Crippen LogP contribution in [0.4, 0.5) is 11.4 Å². The van der Waals surface area contributed by atoms with Crippen LogP contribution in [0.3, 0.4) is 0 Å².